The lowest BCUT2D eigenvalue weighted by atomic mass is 10.1. The summed E-state index contributed by atoms with van der Waals surface area (Å²) in [5.74, 6) is -0.0999. The van der Waals surface area contributed by atoms with Crippen LogP contribution in [0.25, 0.3) is 0 Å². The summed E-state index contributed by atoms with van der Waals surface area (Å²) in [5.41, 5.74) is 8.03. The average Bonchev–Trinajstić information content (AvgIpc) is 2.95. The van der Waals surface area contributed by atoms with E-state index in [-0.39, 0.29) is 11.9 Å². The van der Waals surface area contributed by atoms with Gasteiger partial charge in [0.2, 0.25) is 0 Å². The third-order valence-electron chi connectivity index (χ3n) is 2.99. The molecule has 2 rings (SSSR count). The molecule has 2 aromatic rings. The zero-order chi connectivity index (χ0) is 14.5. The Morgan fingerprint density at radius 2 is 2.20 bits per heavy atom. The zero-order valence-electron chi connectivity index (χ0n) is 11.6. The van der Waals surface area contributed by atoms with Crippen LogP contribution < -0.4 is 16.4 Å². The van der Waals surface area contributed by atoms with Crippen LogP contribution in [0.2, 0.25) is 0 Å². The number of hydrogen-bond donors (Lipinski definition) is 3. The highest BCUT2D eigenvalue weighted by molar-refractivity contribution is 7.10. The SMILES string of the molecule is CCNC(=O)c1ccc(NC(C)c2cccs2)c(N)c1. The maximum absolute atomic E-state index is 11.7. The van der Waals surface area contributed by atoms with Gasteiger partial charge in [0, 0.05) is 17.0 Å². The van der Waals surface area contributed by atoms with E-state index in [1.807, 2.05) is 19.1 Å². The molecule has 0 aliphatic rings. The molecular formula is C15H19N3OS. The molecule has 5 heteroatoms. The smallest absolute Gasteiger partial charge is 0.251 e. The fourth-order valence-corrected chi connectivity index (χ4v) is 2.67. The van der Waals surface area contributed by atoms with Crippen molar-refractivity contribution in [2.75, 3.05) is 17.6 Å². The van der Waals surface area contributed by atoms with E-state index in [2.05, 4.69) is 29.0 Å². The van der Waals surface area contributed by atoms with E-state index in [1.54, 1.807) is 23.5 Å². The summed E-state index contributed by atoms with van der Waals surface area (Å²) in [6.45, 7) is 4.58. The van der Waals surface area contributed by atoms with Gasteiger partial charge in [-0.25, -0.2) is 0 Å². The van der Waals surface area contributed by atoms with Crippen LogP contribution >= 0.6 is 11.3 Å². The number of nitrogens with one attached hydrogen (secondary N) is 2. The Labute approximate surface area is 123 Å². The Balaban J connectivity index is 2.12. The van der Waals surface area contributed by atoms with Gasteiger partial charge in [0.25, 0.3) is 5.91 Å². The molecule has 1 unspecified atom stereocenters. The first kappa shape index (κ1) is 14.4. The molecule has 1 aromatic carbocycles. The third kappa shape index (κ3) is 3.30. The van der Waals surface area contributed by atoms with Crippen LogP contribution in [0.4, 0.5) is 11.4 Å². The number of carbonyl (C=O) groups excluding carboxylic acids is 1. The first-order valence-electron chi connectivity index (χ1n) is 6.59. The first-order valence-corrected chi connectivity index (χ1v) is 7.47. The third-order valence-corrected chi connectivity index (χ3v) is 4.05. The van der Waals surface area contributed by atoms with Crippen molar-refractivity contribution in [1.82, 2.24) is 5.32 Å². The number of hydrogen-bond acceptors (Lipinski definition) is 4. The van der Waals surface area contributed by atoms with Gasteiger partial charge in [-0.15, -0.1) is 11.3 Å². The molecule has 0 saturated heterocycles. The Kier molecular flexibility index (Phi) is 4.63. The number of anilines is 2. The van der Waals surface area contributed by atoms with Crippen molar-refractivity contribution in [2.45, 2.75) is 19.9 Å². The standard InChI is InChI=1S/C15H19N3OS/c1-3-17-15(19)11-6-7-13(12(16)9-11)18-10(2)14-5-4-8-20-14/h4-10,18H,3,16H2,1-2H3,(H,17,19). The van der Waals surface area contributed by atoms with E-state index in [1.165, 1.54) is 4.88 Å². The molecule has 4 N–H and O–H groups in total. The van der Waals surface area contributed by atoms with Crippen molar-refractivity contribution in [2.24, 2.45) is 0 Å². The second-order valence-corrected chi connectivity index (χ2v) is 5.52. The molecule has 0 fully saturated rings. The van der Waals surface area contributed by atoms with Gasteiger partial charge in [-0.05, 0) is 43.5 Å². The number of nitrogen functional groups attached to an aromatic ring is 1. The van der Waals surface area contributed by atoms with Gasteiger partial charge < -0.3 is 16.4 Å². The summed E-state index contributed by atoms with van der Waals surface area (Å²) in [6.07, 6.45) is 0. The van der Waals surface area contributed by atoms with E-state index < -0.39 is 0 Å². The van der Waals surface area contributed by atoms with Crippen molar-refractivity contribution in [1.29, 1.82) is 0 Å². The molecule has 4 nitrogen and oxygen atoms in total. The summed E-state index contributed by atoms with van der Waals surface area (Å²) < 4.78 is 0. The quantitative estimate of drug-likeness (QED) is 0.740. The van der Waals surface area contributed by atoms with Gasteiger partial charge >= 0.3 is 0 Å². The Morgan fingerprint density at radius 1 is 1.40 bits per heavy atom. The summed E-state index contributed by atoms with van der Waals surface area (Å²) >= 11 is 1.70. The summed E-state index contributed by atoms with van der Waals surface area (Å²) in [7, 11) is 0. The van der Waals surface area contributed by atoms with Gasteiger partial charge in [0.15, 0.2) is 0 Å². The molecule has 106 valence electrons. The van der Waals surface area contributed by atoms with Crippen LogP contribution in [0.15, 0.2) is 35.7 Å². The molecule has 1 heterocycles. The van der Waals surface area contributed by atoms with Crippen LogP contribution in [0.3, 0.4) is 0 Å². The number of thiophene rings is 1. The van der Waals surface area contributed by atoms with Crippen LogP contribution in [0.5, 0.6) is 0 Å². The van der Waals surface area contributed by atoms with Crippen LogP contribution in [-0.2, 0) is 0 Å². The van der Waals surface area contributed by atoms with Crippen molar-refractivity contribution in [3.63, 3.8) is 0 Å². The number of amides is 1. The van der Waals surface area contributed by atoms with E-state index >= 15 is 0 Å². The van der Waals surface area contributed by atoms with Gasteiger partial charge in [0.05, 0.1) is 17.4 Å². The van der Waals surface area contributed by atoms with Crippen molar-refractivity contribution in [3.05, 3.63) is 46.2 Å². The molecule has 0 radical (unpaired) electrons. The molecule has 1 aromatic heterocycles. The minimum atomic E-state index is -0.0999. The monoisotopic (exact) mass is 289 g/mol. The molecular weight excluding hydrogens is 270 g/mol. The summed E-state index contributed by atoms with van der Waals surface area (Å²) in [6, 6.07) is 9.64. The van der Waals surface area contributed by atoms with Gasteiger partial charge in [-0.3, -0.25) is 4.79 Å². The second kappa shape index (κ2) is 6.43. The predicted octanol–water partition coefficient (Wildman–Crippen LogP) is 3.25. The normalized spacial score (nSPS) is 11.9. The summed E-state index contributed by atoms with van der Waals surface area (Å²) in [4.78, 5) is 13.0. The van der Waals surface area contributed by atoms with E-state index in [0.29, 0.717) is 17.8 Å². The number of carbonyl (C=O) groups is 1. The largest absolute Gasteiger partial charge is 0.397 e. The minimum Gasteiger partial charge on any atom is -0.397 e. The lowest BCUT2D eigenvalue weighted by Crippen LogP contribution is -2.22. The molecule has 0 aliphatic carbocycles. The topological polar surface area (TPSA) is 67.2 Å². The molecule has 0 aliphatic heterocycles. The highest BCUT2D eigenvalue weighted by Gasteiger charge is 2.10. The van der Waals surface area contributed by atoms with E-state index in [9.17, 15) is 4.79 Å². The molecule has 0 bridgehead atoms. The van der Waals surface area contributed by atoms with Crippen LogP contribution in [-0.4, -0.2) is 12.5 Å². The van der Waals surface area contributed by atoms with E-state index in [4.69, 9.17) is 5.73 Å². The highest BCUT2D eigenvalue weighted by Crippen LogP contribution is 2.27. The molecule has 0 spiro atoms. The van der Waals surface area contributed by atoms with Crippen molar-refractivity contribution < 1.29 is 4.79 Å². The second-order valence-electron chi connectivity index (χ2n) is 4.54. The predicted molar refractivity (Wildman–Crippen MR) is 85.2 cm³/mol. The minimum absolute atomic E-state index is 0.0999. The lowest BCUT2D eigenvalue weighted by Gasteiger charge is -2.16. The van der Waals surface area contributed by atoms with Gasteiger partial charge in [-0.2, -0.15) is 0 Å². The maximum Gasteiger partial charge on any atom is 0.251 e. The van der Waals surface area contributed by atoms with Crippen molar-refractivity contribution >= 4 is 28.6 Å². The highest BCUT2D eigenvalue weighted by atomic mass is 32.1. The molecule has 0 saturated carbocycles. The van der Waals surface area contributed by atoms with Crippen LogP contribution in [0, 0.1) is 0 Å². The molecule has 1 amide bonds. The molecule has 20 heavy (non-hydrogen) atoms. The Hall–Kier alpha value is -2.01. The van der Waals surface area contributed by atoms with Crippen LogP contribution in [0.1, 0.15) is 35.1 Å². The fraction of sp³-hybridized carbons (Fsp3) is 0.267. The average molecular weight is 289 g/mol. The number of rotatable bonds is 5. The Morgan fingerprint density at radius 3 is 2.80 bits per heavy atom. The maximum atomic E-state index is 11.7. The number of nitrogens with two attached hydrogens (primary N) is 1. The van der Waals surface area contributed by atoms with Gasteiger partial charge in [-0.1, -0.05) is 6.07 Å². The van der Waals surface area contributed by atoms with Crippen molar-refractivity contribution in [3.8, 4) is 0 Å². The number of benzene rings is 1. The fourth-order valence-electron chi connectivity index (χ4n) is 1.94. The van der Waals surface area contributed by atoms with E-state index in [0.717, 1.165) is 5.69 Å². The zero-order valence-corrected chi connectivity index (χ0v) is 12.5. The summed E-state index contributed by atoms with van der Waals surface area (Å²) in [5, 5.41) is 8.17. The van der Waals surface area contributed by atoms with Gasteiger partial charge in [0.1, 0.15) is 0 Å². The first-order chi connectivity index (χ1) is 9.61. The lowest BCUT2D eigenvalue weighted by molar-refractivity contribution is 0.0956. The Bertz CT molecular complexity index is 581. The molecule has 1 atom stereocenters.